The van der Waals surface area contributed by atoms with Crippen LogP contribution in [0.1, 0.15) is 18.4 Å². The highest BCUT2D eigenvalue weighted by Crippen LogP contribution is 2.19. The average molecular weight is 313 g/mol. The first-order valence-corrected chi connectivity index (χ1v) is 7.51. The van der Waals surface area contributed by atoms with E-state index < -0.39 is 5.60 Å². The lowest BCUT2D eigenvalue weighted by Gasteiger charge is -2.32. The van der Waals surface area contributed by atoms with Gasteiger partial charge in [-0.15, -0.1) is 0 Å². The van der Waals surface area contributed by atoms with E-state index in [-0.39, 0.29) is 12.6 Å². The van der Waals surface area contributed by atoms with Gasteiger partial charge in [0.25, 0.3) is 0 Å². The second-order valence-corrected chi connectivity index (χ2v) is 5.76. The molecule has 0 aromatic heterocycles. The van der Waals surface area contributed by atoms with Gasteiger partial charge in [-0.05, 0) is 24.1 Å². The van der Waals surface area contributed by atoms with Gasteiger partial charge in [0.2, 0.25) is 0 Å². The van der Waals surface area contributed by atoms with Crippen molar-refractivity contribution in [3.63, 3.8) is 0 Å². The Morgan fingerprint density at radius 2 is 1.90 bits per heavy atom. The molecule has 21 heavy (non-hydrogen) atoms. The molecule has 2 rings (SSSR count). The van der Waals surface area contributed by atoms with Gasteiger partial charge < -0.3 is 20.5 Å². The summed E-state index contributed by atoms with van der Waals surface area (Å²) in [6.45, 7) is 1.87. The van der Waals surface area contributed by atoms with Crippen LogP contribution in [0.25, 0.3) is 0 Å². The van der Waals surface area contributed by atoms with Gasteiger partial charge in [-0.3, -0.25) is 0 Å². The highest BCUT2D eigenvalue weighted by molar-refractivity contribution is 6.30. The fraction of sp³-hybridized carbons (Fsp3) is 0.533. The average Bonchev–Trinajstić information content (AvgIpc) is 2.48. The summed E-state index contributed by atoms with van der Waals surface area (Å²) in [5.41, 5.74) is 0.272. The van der Waals surface area contributed by atoms with Crippen LogP contribution in [0.15, 0.2) is 24.3 Å². The largest absolute Gasteiger partial charge is 0.388 e. The van der Waals surface area contributed by atoms with Gasteiger partial charge in [-0.25, -0.2) is 4.79 Å². The molecule has 0 atom stereocenters. The normalized spacial score (nSPS) is 17.2. The molecule has 0 bridgehead atoms. The number of rotatable bonds is 5. The van der Waals surface area contributed by atoms with E-state index in [0.717, 1.165) is 12.0 Å². The van der Waals surface area contributed by atoms with Crippen molar-refractivity contribution in [2.75, 3.05) is 26.3 Å². The van der Waals surface area contributed by atoms with Gasteiger partial charge >= 0.3 is 6.03 Å². The van der Waals surface area contributed by atoms with Crippen LogP contribution < -0.4 is 10.6 Å². The summed E-state index contributed by atoms with van der Waals surface area (Å²) < 4.78 is 5.20. The first-order valence-electron chi connectivity index (χ1n) is 7.14. The Balaban J connectivity index is 1.64. The molecule has 0 aliphatic carbocycles. The van der Waals surface area contributed by atoms with Crippen molar-refractivity contribution in [1.29, 1.82) is 0 Å². The maximum Gasteiger partial charge on any atom is 0.314 e. The Bertz CT molecular complexity index is 458. The molecule has 0 radical (unpaired) electrons. The fourth-order valence-corrected chi connectivity index (χ4v) is 2.33. The van der Waals surface area contributed by atoms with Crippen LogP contribution in [0.4, 0.5) is 4.79 Å². The minimum atomic E-state index is -0.841. The number of benzene rings is 1. The first kappa shape index (κ1) is 16.1. The van der Waals surface area contributed by atoms with E-state index >= 15 is 0 Å². The molecule has 6 heteroatoms. The lowest BCUT2D eigenvalue weighted by molar-refractivity contribution is -0.0600. The zero-order valence-electron chi connectivity index (χ0n) is 11.9. The molecule has 116 valence electrons. The lowest BCUT2D eigenvalue weighted by Crippen LogP contribution is -2.49. The van der Waals surface area contributed by atoms with E-state index in [4.69, 9.17) is 16.3 Å². The summed E-state index contributed by atoms with van der Waals surface area (Å²) in [5, 5.41) is 16.4. The van der Waals surface area contributed by atoms with Crippen molar-refractivity contribution < 1.29 is 14.6 Å². The number of hydrogen-bond acceptors (Lipinski definition) is 3. The van der Waals surface area contributed by atoms with Crippen LogP contribution in [0, 0.1) is 0 Å². The minimum Gasteiger partial charge on any atom is -0.388 e. The van der Waals surface area contributed by atoms with Gasteiger partial charge in [0.1, 0.15) is 0 Å². The summed E-state index contributed by atoms with van der Waals surface area (Å²) in [4.78, 5) is 11.7. The van der Waals surface area contributed by atoms with Crippen molar-refractivity contribution in [2.45, 2.75) is 24.9 Å². The Hall–Kier alpha value is -1.30. The van der Waals surface area contributed by atoms with E-state index in [9.17, 15) is 9.90 Å². The third-order valence-corrected chi connectivity index (χ3v) is 3.87. The lowest BCUT2D eigenvalue weighted by atomic mass is 9.94. The van der Waals surface area contributed by atoms with E-state index in [1.54, 1.807) is 0 Å². The minimum absolute atomic E-state index is 0.253. The number of aliphatic hydroxyl groups is 1. The van der Waals surface area contributed by atoms with E-state index in [0.29, 0.717) is 37.6 Å². The number of ether oxygens (including phenoxy) is 1. The highest BCUT2D eigenvalue weighted by Gasteiger charge is 2.29. The number of nitrogens with one attached hydrogen (secondary N) is 2. The third kappa shape index (κ3) is 5.53. The maximum atomic E-state index is 11.7. The SMILES string of the molecule is O=C(NCCc1ccc(Cl)cc1)NCC1(O)CCOCC1. The van der Waals surface area contributed by atoms with Crippen molar-refractivity contribution in [2.24, 2.45) is 0 Å². The molecular weight excluding hydrogens is 292 g/mol. The molecule has 1 fully saturated rings. The number of halogens is 1. The molecular formula is C15H21ClN2O3. The molecule has 2 amide bonds. The Labute approximate surface area is 129 Å². The Kier molecular flexibility index (Phi) is 5.85. The number of urea groups is 1. The van der Waals surface area contributed by atoms with Crippen molar-refractivity contribution in [3.05, 3.63) is 34.9 Å². The van der Waals surface area contributed by atoms with Crippen LogP contribution in [-0.4, -0.2) is 43.0 Å². The second-order valence-electron chi connectivity index (χ2n) is 5.32. The zero-order chi connectivity index (χ0) is 15.1. The van der Waals surface area contributed by atoms with Crippen molar-refractivity contribution in [1.82, 2.24) is 10.6 Å². The van der Waals surface area contributed by atoms with E-state index in [1.165, 1.54) is 0 Å². The Morgan fingerprint density at radius 1 is 1.24 bits per heavy atom. The molecule has 1 aromatic carbocycles. The van der Waals surface area contributed by atoms with Crippen molar-refractivity contribution in [3.8, 4) is 0 Å². The highest BCUT2D eigenvalue weighted by atomic mass is 35.5. The molecule has 1 saturated heterocycles. The van der Waals surface area contributed by atoms with Crippen LogP contribution in [0.3, 0.4) is 0 Å². The topological polar surface area (TPSA) is 70.6 Å². The van der Waals surface area contributed by atoms with Crippen LogP contribution in [0.2, 0.25) is 5.02 Å². The monoisotopic (exact) mass is 312 g/mol. The molecule has 0 saturated carbocycles. The van der Waals surface area contributed by atoms with Gasteiger partial charge in [0.15, 0.2) is 0 Å². The Morgan fingerprint density at radius 3 is 2.57 bits per heavy atom. The first-order chi connectivity index (χ1) is 10.1. The van der Waals surface area contributed by atoms with Gasteiger partial charge in [-0.1, -0.05) is 23.7 Å². The van der Waals surface area contributed by atoms with Crippen LogP contribution in [-0.2, 0) is 11.2 Å². The van der Waals surface area contributed by atoms with Crippen LogP contribution >= 0.6 is 11.6 Å². The summed E-state index contributed by atoms with van der Waals surface area (Å²) in [6, 6.07) is 7.28. The predicted molar refractivity (Wildman–Crippen MR) is 81.6 cm³/mol. The molecule has 1 heterocycles. The molecule has 0 spiro atoms. The summed E-state index contributed by atoms with van der Waals surface area (Å²) in [6.07, 6.45) is 1.85. The molecule has 1 aliphatic heterocycles. The van der Waals surface area contributed by atoms with E-state index in [2.05, 4.69) is 10.6 Å². The molecule has 3 N–H and O–H groups in total. The standard InChI is InChI=1S/C15H21ClN2O3/c16-13-3-1-12(2-4-13)5-8-17-14(19)18-11-15(20)6-9-21-10-7-15/h1-4,20H,5-11H2,(H2,17,18,19). The quantitative estimate of drug-likeness (QED) is 0.775. The summed E-state index contributed by atoms with van der Waals surface area (Å²) in [5.74, 6) is 0. The summed E-state index contributed by atoms with van der Waals surface area (Å²) in [7, 11) is 0. The number of carbonyl (C=O) groups excluding carboxylic acids is 1. The van der Waals surface area contributed by atoms with Crippen LogP contribution in [0.5, 0.6) is 0 Å². The van der Waals surface area contributed by atoms with Gasteiger partial charge in [0.05, 0.1) is 5.60 Å². The van der Waals surface area contributed by atoms with Crippen molar-refractivity contribution >= 4 is 17.6 Å². The number of amides is 2. The third-order valence-electron chi connectivity index (χ3n) is 3.61. The number of hydrogen-bond donors (Lipinski definition) is 3. The maximum absolute atomic E-state index is 11.7. The van der Waals surface area contributed by atoms with Gasteiger partial charge in [0, 0.05) is 44.2 Å². The zero-order valence-corrected chi connectivity index (χ0v) is 12.7. The molecule has 1 aromatic rings. The smallest absolute Gasteiger partial charge is 0.314 e. The second kappa shape index (κ2) is 7.64. The molecule has 0 unspecified atom stereocenters. The van der Waals surface area contributed by atoms with Gasteiger partial charge in [-0.2, -0.15) is 0 Å². The molecule has 1 aliphatic rings. The van der Waals surface area contributed by atoms with E-state index in [1.807, 2.05) is 24.3 Å². The number of carbonyl (C=O) groups is 1. The fourth-order valence-electron chi connectivity index (χ4n) is 2.21. The summed E-state index contributed by atoms with van der Waals surface area (Å²) >= 11 is 5.81. The predicted octanol–water partition coefficient (Wildman–Crippen LogP) is 1.72. The molecule has 5 nitrogen and oxygen atoms in total.